The Kier molecular flexibility index (Phi) is 3.04. The molecule has 110 valence electrons. The van der Waals surface area contributed by atoms with Crippen LogP contribution >= 0.6 is 0 Å². The Bertz CT molecular complexity index is 612. The molecule has 7 nitrogen and oxygen atoms in total. The summed E-state index contributed by atoms with van der Waals surface area (Å²) in [6.07, 6.45) is 0.697. The first-order valence-corrected chi connectivity index (χ1v) is 6.57. The fraction of sp³-hybridized carbons (Fsp3) is 0.357. The number of methoxy groups -OCH3 is 1. The molecule has 0 radical (unpaired) electrons. The van der Waals surface area contributed by atoms with Gasteiger partial charge in [0.2, 0.25) is 0 Å². The van der Waals surface area contributed by atoms with Crippen LogP contribution in [0, 0.1) is 0 Å². The van der Waals surface area contributed by atoms with Gasteiger partial charge in [-0.2, -0.15) is 0 Å². The molecule has 7 heteroatoms. The molecular formula is C14H14N2O5. The zero-order chi connectivity index (χ0) is 15.1. The molecule has 0 aromatic heterocycles. The normalized spacial score (nSPS) is 24.4. The number of nitrogens with zero attached hydrogens (tertiary/aromatic N) is 2. The van der Waals surface area contributed by atoms with E-state index in [1.807, 2.05) is 0 Å². The molecule has 0 unspecified atom stereocenters. The molecule has 1 aromatic rings. The van der Waals surface area contributed by atoms with Crippen LogP contribution in [0.3, 0.4) is 0 Å². The molecule has 3 amide bonds. The fourth-order valence-corrected chi connectivity index (χ4v) is 2.89. The Balaban J connectivity index is 1.92. The van der Waals surface area contributed by atoms with E-state index in [0.717, 1.165) is 4.90 Å². The molecule has 2 atom stereocenters. The summed E-state index contributed by atoms with van der Waals surface area (Å²) in [7, 11) is 1.52. The van der Waals surface area contributed by atoms with Crippen molar-refractivity contribution in [1.29, 1.82) is 0 Å². The summed E-state index contributed by atoms with van der Waals surface area (Å²) in [5.74, 6) is -0.828. The Morgan fingerprint density at radius 1 is 1.24 bits per heavy atom. The predicted molar refractivity (Wildman–Crippen MR) is 72.2 cm³/mol. The van der Waals surface area contributed by atoms with Gasteiger partial charge in [0.25, 0.3) is 5.91 Å². The van der Waals surface area contributed by atoms with Crippen molar-refractivity contribution in [3.8, 4) is 5.75 Å². The summed E-state index contributed by atoms with van der Waals surface area (Å²) >= 11 is 0. The van der Waals surface area contributed by atoms with Crippen molar-refractivity contribution in [3.63, 3.8) is 0 Å². The molecule has 0 aliphatic carbocycles. The molecule has 0 bridgehead atoms. The Hall–Kier alpha value is -2.57. The minimum absolute atomic E-state index is 0.313. The number of rotatable bonds is 3. The molecule has 0 spiro atoms. The molecule has 2 saturated heterocycles. The minimum atomic E-state index is -1.07. The monoisotopic (exact) mass is 290 g/mol. The number of benzene rings is 1. The molecule has 2 fully saturated rings. The number of anilines is 1. The second-order valence-electron chi connectivity index (χ2n) is 5.01. The highest BCUT2D eigenvalue weighted by Crippen LogP contribution is 2.35. The number of amides is 3. The highest BCUT2D eigenvalue weighted by Gasteiger charge is 2.54. The predicted octanol–water partition coefficient (Wildman–Crippen LogP) is 1.08. The average molecular weight is 290 g/mol. The summed E-state index contributed by atoms with van der Waals surface area (Å²) in [5, 5.41) is 9.15. The number of carbonyl (C=O) groups excluding carboxylic acids is 2. The lowest BCUT2D eigenvalue weighted by Crippen LogP contribution is -2.42. The van der Waals surface area contributed by atoms with Crippen LogP contribution in [0.25, 0.3) is 0 Å². The van der Waals surface area contributed by atoms with Crippen molar-refractivity contribution in [2.45, 2.75) is 24.9 Å². The Morgan fingerprint density at radius 3 is 2.48 bits per heavy atom. The fourth-order valence-electron chi connectivity index (χ4n) is 2.89. The van der Waals surface area contributed by atoms with E-state index in [1.54, 1.807) is 24.3 Å². The number of carboxylic acid groups (broad SMARTS) is 1. The van der Waals surface area contributed by atoms with Gasteiger partial charge in [-0.3, -0.25) is 9.69 Å². The Labute approximate surface area is 120 Å². The zero-order valence-corrected chi connectivity index (χ0v) is 11.4. The SMILES string of the molecule is COc1ccc(N2C(=O)[C@@H]3CC[C@@H](C(=O)O)N3C2=O)cc1. The highest BCUT2D eigenvalue weighted by molar-refractivity contribution is 6.22. The standard InChI is InChI=1S/C14H14N2O5/c1-21-9-4-2-8(3-5-9)15-12(17)10-6-7-11(13(18)19)16(10)14(15)20/h2-5,10-11H,6-7H2,1H3,(H,18,19)/t10-,11-/m0/s1. The number of aliphatic carboxylic acids is 1. The number of hydrogen-bond donors (Lipinski definition) is 1. The molecule has 21 heavy (non-hydrogen) atoms. The minimum Gasteiger partial charge on any atom is -0.497 e. The van der Waals surface area contributed by atoms with Crippen LogP contribution in [0.1, 0.15) is 12.8 Å². The van der Waals surface area contributed by atoms with Crippen LogP contribution in [0.15, 0.2) is 24.3 Å². The zero-order valence-electron chi connectivity index (χ0n) is 11.4. The van der Waals surface area contributed by atoms with E-state index >= 15 is 0 Å². The first-order valence-electron chi connectivity index (χ1n) is 6.57. The lowest BCUT2D eigenvalue weighted by atomic mass is 10.1. The molecule has 3 rings (SSSR count). The van der Waals surface area contributed by atoms with Gasteiger partial charge in [-0.05, 0) is 37.1 Å². The summed E-state index contributed by atoms with van der Waals surface area (Å²) in [4.78, 5) is 38.2. The molecule has 1 N–H and O–H groups in total. The molecular weight excluding hydrogens is 276 g/mol. The summed E-state index contributed by atoms with van der Waals surface area (Å²) in [5.41, 5.74) is 0.421. The summed E-state index contributed by atoms with van der Waals surface area (Å²) in [6, 6.07) is 4.34. The molecule has 2 heterocycles. The number of hydrogen-bond acceptors (Lipinski definition) is 4. The second-order valence-corrected chi connectivity index (χ2v) is 5.01. The van der Waals surface area contributed by atoms with Crippen LogP contribution in [-0.4, -0.2) is 47.1 Å². The third-order valence-corrected chi connectivity index (χ3v) is 3.92. The number of carbonyl (C=O) groups is 3. The smallest absolute Gasteiger partial charge is 0.332 e. The van der Waals surface area contributed by atoms with E-state index in [9.17, 15) is 14.4 Å². The van der Waals surface area contributed by atoms with Crippen LogP contribution < -0.4 is 9.64 Å². The third kappa shape index (κ3) is 1.93. The van der Waals surface area contributed by atoms with Gasteiger partial charge in [0.1, 0.15) is 17.8 Å². The van der Waals surface area contributed by atoms with E-state index in [2.05, 4.69) is 0 Å². The molecule has 2 aliphatic heterocycles. The largest absolute Gasteiger partial charge is 0.497 e. The number of urea groups is 1. The Morgan fingerprint density at radius 2 is 1.90 bits per heavy atom. The lowest BCUT2D eigenvalue weighted by Gasteiger charge is -2.20. The first-order chi connectivity index (χ1) is 10.0. The van der Waals surface area contributed by atoms with Gasteiger partial charge in [-0.15, -0.1) is 0 Å². The van der Waals surface area contributed by atoms with E-state index < -0.39 is 24.1 Å². The summed E-state index contributed by atoms with van der Waals surface area (Å²) in [6.45, 7) is 0. The van der Waals surface area contributed by atoms with Crippen molar-refractivity contribution in [3.05, 3.63) is 24.3 Å². The van der Waals surface area contributed by atoms with Crippen molar-refractivity contribution in [2.24, 2.45) is 0 Å². The maximum atomic E-state index is 12.4. The topological polar surface area (TPSA) is 87.2 Å². The highest BCUT2D eigenvalue weighted by atomic mass is 16.5. The molecule has 0 saturated carbocycles. The van der Waals surface area contributed by atoms with Gasteiger partial charge >= 0.3 is 12.0 Å². The third-order valence-electron chi connectivity index (χ3n) is 3.92. The number of ether oxygens (including phenoxy) is 1. The second kappa shape index (κ2) is 4.76. The van der Waals surface area contributed by atoms with Gasteiger partial charge in [-0.1, -0.05) is 0 Å². The quantitative estimate of drug-likeness (QED) is 0.842. The maximum absolute atomic E-state index is 12.4. The van der Waals surface area contributed by atoms with E-state index in [1.165, 1.54) is 12.0 Å². The van der Waals surface area contributed by atoms with Gasteiger partial charge in [-0.25, -0.2) is 14.5 Å². The van der Waals surface area contributed by atoms with Crippen LogP contribution in [0.2, 0.25) is 0 Å². The van der Waals surface area contributed by atoms with Crippen molar-refractivity contribution in [2.75, 3.05) is 12.0 Å². The molecule has 1 aromatic carbocycles. The van der Waals surface area contributed by atoms with Crippen molar-refractivity contribution < 1.29 is 24.2 Å². The van der Waals surface area contributed by atoms with Gasteiger partial charge in [0.05, 0.1) is 12.8 Å². The van der Waals surface area contributed by atoms with E-state index in [-0.39, 0.29) is 5.91 Å². The van der Waals surface area contributed by atoms with E-state index in [0.29, 0.717) is 24.3 Å². The van der Waals surface area contributed by atoms with Crippen LogP contribution in [0.4, 0.5) is 10.5 Å². The number of imide groups is 1. The first kappa shape index (κ1) is 13.4. The summed E-state index contributed by atoms with van der Waals surface area (Å²) < 4.78 is 5.03. The number of carboxylic acids is 1. The maximum Gasteiger partial charge on any atom is 0.332 e. The van der Waals surface area contributed by atoms with Crippen LogP contribution in [0.5, 0.6) is 5.75 Å². The van der Waals surface area contributed by atoms with Crippen LogP contribution in [-0.2, 0) is 9.59 Å². The van der Waals surface area contributed by atoms with E-state index in [4.69, 9.17) is 9.84 Å². The lowest BCUT2D eigenvalue weighted by molar-refractivity contribution is -0.141. The average Bonchev–Trinajstić information content (AvgIpc) is 3.01. The number of fused-ring (bicyclic) bond motifs is 1. The van der Waals surface area contributed by atoms with Crippen molar-refractivity contribution >= 4 is 23.6 Å². The van der Waals surface area contributed by atoms with Gasteiger partial charge < -0.3 is 9.84 Å². The van der Waals surface area contributed by atoms with Gasteiger partial charge in [0.15, 0.2) is 0 Å². The molecule has 2 aliphatic rings. The van der Waals surface area contributed by atoms with Gasteiger partial charge in [0, 0.05) is 0 Å². The van der Waals surface area contributed by atoms with Crippen molar-refractivity contribution in [1.82, 2.24) is 4.90 Å².